The summed E-state index contributed by atoms with van der Waals surface area (Å²) in [6.07, 6.45) is -0.959. The highest BCUT2D eigenvalue weighted by molar-refractivity contribution is 6.33. The standard InChI is InChI=1S/C23H30ClFN4O6/c1-31-12-18-21(15-6-5-14(33-3)9-16(15)24)26-19(13-32-2)22(28-18)27-17-10-29(23(30)34-4)11-20(17)35-8-7-25/h5-6,9,17,20H,7-8,10-13H2,1-4H3,(H,27,28)/t17?,20-/m0/s1. The van der Waals surface area contributed by atoms with Crippen molar-refractivity contribution in [1.82, 2.24) is 14.9 Å². The van der Waals surface area contributed by atoms with E-state index in [1.807, 2.05) is 0 Å². The molecule has 0 saturated carbocycles. The number of carbonyl (C=O) groups excluding carboxylic acids is 1. The Morgan fingerprint density at radius 1 is 1.14 bits per heavy atom. The molecule has 35 heavy (non-hydrogen) atoms. The van der Waals surface area contributed by atoms with Gasteiger partial charge >= 0.3 is 6.09 Å². The summed E-state index contributed by atoms with van der Waals surface area (Å²) >= 11 is 6.52. The first-order chi connectivity index (χ1) is 16.9. The van der Waals surface area contributed by atoms with Crippen LogP contribution >= 0.6 is 11.6 Å². The smallest absolute Gasteiger partial charge is 0.409 e. The number of anilines is 1. The van der Waals surface area contributed by atoms with Gasteiger partial charge in [-0.25, -0.2) is 19.2 Å². The van der Waals surface area contributed by atoms with Crippen molar-refractivity contribution in [2.24, 2.45) is 0 Å². The summed E-state index contributed by atoms with van der Waals surface area (Å²) in [5.74, 6) is 1.06. The number of benzene rings is 1. The van der Waals surface area contributed by atoms with Crippen molar-refractivity contribution >= 4 is 23.5 Å². The number of ether oxygens (including phenoxy) is 5. The lowest BCUT2D eigenvalue weighted by Crippen LogP contribution is -2.36. The van der Waals surface area contributed by atoms with Crippen LogP contribution in [0.15, 0.2) is 18.2 Å². The number of likely N-dealkylation sites (tertiary alicyclic amines) is 1. The molecule has 1 saturated heterocycles. The Hall–Kier alpha value is -2.73. The predicted octanol–water partition coefficient (Wildman–Crippen LogP) is 3.32. The quantitative estimate of drug-likeness (QED) is 0.485. The summed E-state index contributed by atoms with van der Waals surface area (Å²) < 4.78 is 39.3. The van der Waals surface area contributed by atoms with Crippen LogP contribution in [0.25, 0.3) is 11.3 Å². The van der Waals surface area contributed by atoms with E-state index in [0.717, 1.165) is 0 Å². The molecule has 0 aliphatic carbocycles. The van der Waals surface area contributed by atoms with Gasteiger partial charge in [-0.15, -0.1) is 0 Å². The fourth-order valence-corrected chi connectivity index (χ4v) is 4.12. The second-order valence-corrected chi connectivity index (χ2v) is 8.16. The Kier molecular flexibility index (Phi) is 9.84. The summed E-state index contributed by atoms with van der Waals surface area (Å²) in [4.78, 5) is 23.2. The summed E-state index contributed by atoms with van der Waals surface area (Å²) in [7, 11) is 5.98. The van der Waals surface area contributed by atoms with E-state index in [2.05, 4.69) is 5.32 Å². The van der Waals surface area contributed by atoms with Gasteiger partial charge in [-0.2, -0.15) is 0 Å². The van der Waals surface area contributed by atoms with E-state index >= 15 is 0 Å². The third kappa shape index (κ3) is 6.49. The minimum Gasteiger partial charge on any atom is -0.497 e. The van der Waals surface area contributed by atoms with Crippen LogP contribution in [-0.4, -0.2) is 87.9 Å². The number of rotatable bonds is 11. The van der Waals surface area contributed by atoms with Crippen molar-refractivity contribution in [3.63, 3.8) is 0 Å². The number of amides is 1. The molecule has 1 aliphatic heterocycles. The summed E-state index contributed by atoms with van der Waals surface area (Å²) in [5.41, 5.74) is 2.28. The number of nitrogens with one attached hydrogen (secondary N) is 1. The predicted molar refractivity (Wildman–Crippen MR) is 128 cm³/mol. The van der Waals surface area contributed by atoms with E-state index in [4.69, 9.17) is 45.3 Å². The second-order valence-electron chi connectivity index (χ2n) is 7.75. The average molecular weight is 513 g/mol. The second kappa shape index (κ2) is 12.8. The van der Waals surface area contributed by atoms with Gasteiger partial charge in [0.2, 0.25) is 0 Å². The molecule has 12 heteroatoms. The monoisotopic (exact) mass is 512 g/mol. The minimum atomic E-state index is -0.633. The van der Waals surface area contributed by atoms with Crippen LogP contribution in [0.5, 0.6) is 5.75 Å². The molecule has 1 unspecified atom stereocenters. The fourth-order valence-electron chi connectivity index (χ4n) is 3.86. The van der Waals surface area contributed by atoms with Crippen LogP contribution in [0.4, 0.5) is 15.0 Å². The Balaban J connectivity index is 1.99. The third-order valence-corrected chi connectivity index (χ3v) is 5.78. The van der Waals surface area contributed by atoms with E-state index in [-0.39, 0.29) is 39.0 Å². The van der Waals surface area contributed by atoms with Crippen molar-refractivity contribution in [1.29, 1.82) is 0 Å². The van der Waals surface area contributed by atoms with E-state index in [1.54, 1.807) is 39.5 Å². The van der Waals surface area contributed by atoms with Crippen LogP contribution in [-0.2, 0) is 32.2 Å². The Morgan fingerprint density at radius 2 is 1.89 bits per heavy atom. The third-order valence-electron chi connectivity index (χ3n) is 5.46. The van der Waals surface area contributed by atoms with Gasteiger partial charge in [-0.3, -0.25) is 0 Å². The molecule has 192 valence electrons. The molecule has 10 nitrogen and oxygen atoms in total. The molecular weight excluding hydrogens is 483 g/mol. The topological polar surface area (TPSA) is 104 Å². The number of halogens is 2. The number of hydrogen-bond acceptors (Lipinski definition) is 9. The normalized spacial score (nSPS) is 17.5. The van der Waals surface area contributed by atoms with Crippen LogP contribution in [0.2, 0.25) is 5.02 Å². The number of methoxy groups -OCH3 is 4. The van der Waals surface area contributed by atoms with Crippen molar-refractivity contribution < 1.29 is 32.9 Å². The summed E-state index contributed by atoms with van der Waals surface area (Å²) in [6, 6.07) is 4.91. The first-order valence-corrected chi connectivity index (χ1v) is 11.3. The van der Waals surface area contributed by atoms with Crippen LogP contribution in [0.3, 0.4) is 0 Å². The zero-order chi connectivity index (χ0) is 25.4. The molecule has 1 aromatic heterocycles. The Labute approximate surface area is 208 Å². The fraction of sp³-hybridized carbons (Fsp3) is 0.522. The van der Waals surface area contributed by atoms with E-state index in [9.17, 15) is 9.18 Å². The highest BCUT2D eigenvalue weighted by atomic mass is 35.5. The Bertz CT molecular complexity index is 1010. The van der Waals surface area contributed by atoms with E-state index < -0.39 is 18.9 Å². The van der Waals surface area contributed by atoms with Gasteiger partial charge in [0.1, 0.15) is 18.1 Å². The van der Waals surface area contributed by atoms with Gasteiger partial charge in [0.25, 0.3) is 0 Å². The van der Waals surface area contributed by atoms with E-state index in [0.29, 0.717) is 39.2 Å². The Morgan fingerprint density at radius 3 is 2.51 bits per heavy atom. The lowest BCUT2D eigenvalue weighted by Gasteiger charge is -2.22. The molecule has 2 atom stereocenters. The average Bonchev–Trinajstić information content (AvgIpc) is 3.26. The molecule has 1 aliphatic rings. The van der Waals surface area contributed by atoms with Crippen LogP contribution in [0, 0.1) is 0 Å². The highest BCUT2D eigenvalue weighted by Crippen LogP contribution is 2.33. The molecule has 2 heterocycles. The zero-order valence-corrected chi connectivity index (χ0v) is 20.9. The maximum absolute atomic E-state index is 12.8. The van der Waals surface area contributed by atoms with Gasteiger partial charge in [0.15, 0.2) is 5.82 Å². The molecule has 0 radical (unpaired) electrons. The van der Waals surface area contributed by atoms with Gasteiger partial charge in [-0.05, 0) is 18.2 Å². The maximum Gasteiger partial charge on any atom is 0.409 e. The lowest BCUT2D eigenvalue weighted by molar-refractivity contribution is 0.0443. The minimum absolute atomic E-state index is 0.0850. The number of aromatic nitrogens is 2. The van der Waals surface area contributed by atoms with Crippen molar-refractivity contribution in [3.8, 4) is 17.0 Å². The molecule has 1 N–H and O–H groups in total. The SMILES string of the molecule is COCc1nc(-c2ccc(OC)cc2Cl)c(COC)nc1NC1CN(C(=O)OC)C[C@@H]1OCCF. The van der Waals surface area contributed by atoms with Gasteiger partial charge < -0.3 is 33.9 Å². The summed E-state index contributed by atoms with van der Waals surface area (Å²) in [5, 5.41) is 3.76. The van der Waals surface area contributed by atoms with Crippen LogP contribution in [0.1, 0.15) is 11.4 Å². The number of carbonyl (C=O) groups is 1. The van der Waals surface area contributed by atoms with Gasteiger partial charge in [0, 0.05) is 26.3 Å². The highest BCUT2D eigenvalue weighted by Gasteiger charge is 2.37. The first kappa shape index (κ1) is 26.9. The number of nitrogens with zero attached hydrogens (tertiary/aromatic N) is 3. The largest absolute Gasteiger partial charge is 0.497 e. The number of alkyl halides is 1. The van der Waals surface area contributed by atoms with Gasteiger partial charge in [-0.1, -0.05) is 11.6 Å². The zero-order valence-electron chi connectivity index (χ0n) is 20.2. The summed E-state index contributed by atoms with van der Waals surface area (Å²) in [6.45, 7) is 0.148. The number of hydrogen-bond donors (Lipinski definition) is 1. The molecule has 1 amide bonds. The molecule has 0 bridgehead atoms. The van der Waals surface area contributed by atoms with Crippen LogP contribution < -0.4 is 10.1 Å². The maximum atomic E-state index is 12.8. The molecule has 0 spiro atoms. The van der Waals surface area contributed by atoms with E-state index in [1.165, 1.54) is 12.0 Å². The molecule has 2 aromatic rings. The molecule has 1 aromatic carbocycles. The van der Waals surface area contributed by atoms with Gasteiger partial charge in [0.05, 0.1) is 69.1 Å². The first-order valence-electron chi connectivity index (χ1n) is 10.9. The molecule has 3 rings (SSSR count). The van der Waals surface area contributed by atoms with Crippen molar-refractivity contribution in [2.75, 3.05) is 60.1 Å². The molecule has 1 fully saturated rings. The van der Waals surface area contributed by atoms with Crippen molar-refractivity contribution in [2.45, 2.75) is 25.4 Å². The van der Waals surface area contributed by atoms with Crippen molar-refractivity contribution in [3.05, 3.63) is 34.6 Å². The molecular formula is C23H30ClFN4O6. The lowest BCUT2D eigenvalue weighted by atomic mass is 10.1.